The average Bonchev–Trinajstić information content (AvgIpc) is 2.05. The topological polar surface area (TPSA) is 3.24 Å². The van der Waals surface area contributed by atoms with Gasteiger partial charge < -0.3 is 4.90 Å². The van der Waals surface area contributed by atoms with Gasteiger partial charge in [-0.05, 0) is 24.5 Å². The molecule has 1 nitrogen and oxygen atoms in total. The molecule has 1 aliphatic heterocycles. The summed E-state index contributed by atoms with van der Waals surface area (Å²) < 4.78 is 0. The first kappa shape index (κ1) is 9.48. The van der Waals surface area contributed by atoms with Crippen LogP contribution in [0.25, 0.3) is 0 Å². The molecule has 0 radical (unpaired) electrons. The van der Waals surface area contributed by atoms with Gasteiger partial charge in [0.05, 0.1) is 0 Å². The molecule has 0 aliphatic carbocycles. The van der Waals surface area contributed by atoms with Crippen molar-refractivity contribution in [1.29, 1.82) is 0 Å². The Hall–Kier alpha value is 0.390. The van der Waals surface area contributed by atoms with Crippen molar-refractivity contribution in [3.8, 4) is 0 Å². The average molecular weight is 173 g/mol. The molecule has 1 heterocycles. The Bertz CT molecular complexity index is 106. The molecule has 0 amide bonds. The Morgan fingerprint density at radius 1 is 1.27 bits per heavy atom. The van der Waals surface area contributed by atoms with E-state index in [1.807, 2.05) is 0 Å². The van der Waals surface area contributed by atoms with E-state index < -0.39 is 0 Å². The summed E-state index contributed by atoms with van der Waals surface area (Å²) in [7, 11) is 0.395. The van der Waals surface area contributed by atoms with E-state index in [2.05, 4.69) is 25.7 Å². The summed E-state index contributed by atoms with van der Waals surface area (Å²) in [5.74, 6) is 0. The van der Waals surface area contributed by atoms with Crippen LogP contribution in [0.2, 0.25) is 0 Å². The molecule has 0 aromatic rings. The third kappa shape index (κ3) is 2.72. The smallest absolute Gasteiger partial charge is 0.00208 e. The van der Waals surface area contributed by atoms with E-state index in [0.29, 0.717) is 7.92 Å². The van der Waals surface area contributed by atoms with Crippen LogP contribution in [-0.4, -0.2) is 42.5 Å². The van der Waals surface area contributed by atoms with E-state index in [0.717, 1.165) is 5.66 Å². The Morgan fingerprint density at radius 3 is 2.18 bits per heavy atom. The van der Waals surface area contributed by atoms with Gasteiger partial charge in [-0.15, -0.1) is 7.92 Å². The maximum atomic E-state index is 2.57. The summed E-state index contributed by atoms with van der Waals surface area (Å²) in [5, 5.41) is 0. The number of nitrogens with zero attached hydrogens (tertiary/aromatic N) is 1. The number of hydrogen-bond acceptors (Lipinski definition) is 1. The summed E-state index contributed by atoms with van der Waals surface area (Å²) in [4.78, 5) is 2.57. The predicted octanol–water partition coefficient (Wildman–Crippen LogP) is 2.21. The number of rotatable bonds is 2. The van der Waals surface area contributed by atoms with Crippen LogP contribution in [0.3, 0.4) is 0 Å². The molecule has 2 heteroatoms. The van der Waals surface area contributed by atoms with Crippen molar-refractivity contribution >= 4 is 7.92 Å². The van der Waals surface area contributed by atoms with Gasteiger partial charge in [0.15, 0.2) is 0 Å². The lowest BCUT2D eigenvalue weighted by Crippen LogP contribution is -2.34. The Kier molecular flexibility index (Phi) is 3.81. The predicted molar refractivity (Wildman–Crippen MR) is 53.9 cm³/mol. The van der Waals surface area contributed by atoms with Crippen molar-refractivity contribution < 1.29 is 0 Å². The highest BCUT2D eigenvalue weighted by molar-refractivity contribution is 7.58. The van der Waals surface area contributed by atoms with E-state index in [9.17, 15) is 0 Å². The van der Waals surface area contributed by atoms with Crippen molar-refractivity contribution in [1.82, 2.24) is 4.90 Å². The van der Waals surface area contributed by atoms with E-state index in [-0.39, 0.29) is 0 Å². The van der Waals surface area contributed by atoms with Crippen molar-refractivity contribution in [2.45, 2.75) is 26.4 Å². The summed E-state index contributed by atoms with van der Waals surface area (Å²) in [6.45, 7) is 11.0. The molecule has 0 aromatic carbocycles. The lowest BCUT2D eigenvalue weighted by atomic mass is 10.5. The lowest BCUT2D eigenvalue weighted by molar-refractivity contribution is 0.316. The van der Waals surface area contributed by atoms with Crippen LogP contribution in [0, 0.1) is 0 Å². The Morgan fingerprint density at radius 2 is 1.82 bits per heavy atom. The normalized spacial score (nSPS) is 22.9. The summed E-state index contributed by atoms with van der Waals surface area (Å²) in [6.07, 6.45) is 2.97. The van der Waals surface area contributed by atoms with Gasteiger partial charge in [0.2, 0.25) is 0 Å². The van der Waals surface area contributed by atoms with E-state index in [1.54, 1.807) is 0 Å². The van der Waals surface area contributed by atoms with Gasteiger partial charge in [0.25, 0.3) is 0 Å². The van der Waals surface area contributed by atoms with Crippen LogP contribution >= 0.6 is 7.92 Å². The molecule has 66 valence electrons. The zero-order valence-electron chi connectivity index (χ0n) is 8.01. The Labute approximate surface area is 71.9 Å². The van der Waals surface area contributed by atoms with Gasteiger partial charge in [-0.25, -0.2) is 0 Å². The summed E-state index contributed by atoms with van der Waals surface area (Å²) >= 11 is 0. The van der Waals surface area contributed by atoms with Gasteiger partial charge in [0.1, 0.15) is 0 Å². The third-order valence-electron chi connectivity index (χ3n) is 2.58. The maximum absolute atomic E-state index is 2.57. The van der Waals surface area contributed by atoms with Gasteiger partial charge in [-0.1, -0.05) is 20.8 Å². The van der Waals surface area contributed by atoms with Crippen LogP contribution in [0.5, 0.6) is 0 Å². The molecule has 0 saturated carbocycles. The highest BCUT2D eigenvalue weighted by atomic mass is 31.1. The van der Waals surface area contributed by atoms with Crippen molar-refractivity contribution in [3.63, 3.8) is 0 Å². The first-order chi connectivity index (χ1) is 5.24. The summed E-state index contributed by atoms with van der Waals surface area (Å²) in [6, 6.07) is 0. The molecule has 0 atom stereocenters. The molecule has 1 fully saturated rings. The van der Waals surface area contributed by atoms with Crippen molar-refractivity contribution in [3.05, 3.63) is 0 Å². The molecular formula is C9H20NP. The monoisotopic (exact) mass is 173 g/mol. The molecule has 0 aromatic heterocycles. The zero-order chi connectivity index (χ0) is 8.27. The minimum absolute atomic E-state index is 0.395. The standard InChI is InChI=1S/C9H20NP/c1-4-10-5-7-11(8-6-10)9(2)3/h9H,4-8H2,1-3H3. The quantitative estimate of drug-likeness (QED) is 0.579. The molecule has 0 spiro atoms. The molecule has 0 N–H and O–H groups in total. The fourth-order valence-corrected chi connectivity index (χ4v) is 3.93. The van der Waals surface area contributed by atoms with Gasteiger partial charge in [0, 0.05) is 13.1 Å². The van der Waals surface area contributed by atoms with Crippen molar-refractivity contribution in [2.24, 2.45) is 0 Å². The van der Waals surface area contributed by atoms with Gasteiger partial charge >= 0.3 is 0 Å². The largest absolute Gasteiger partial charge is 0.303 e. The van der Waals surface area contributed by atoms with Crippen molar-refractivity contribution in [2.75, 3.05) is 32.0 Å². The SMILES string of the molecule is CCN1CCP(C(C)C)CC1. The van der Waals surface area contributed by atoms with Crippen LogP contribution < -0.4 is 0 Å². The highest BCUT2D eigenvalue weighted by Gasteiger charge is 2.19. The first-order valence-electron chi connectivity index (χ1n) is 4.70. The minimum Gasteiger partial charge on any atom is -0.303 e. The molecule has 1 aliphatic rings. The van der Waals surface area contributed by atoms with E-state index >= 15 is 0 Å². The van der Waals surface area contributed by atoms with Crippen LogP contribution in [0.1, 0.15) is 20.8 Å². The summed E-state index contributed by atoms with van der Waals surface area (Å²) in [5.41, 5.74) is 0.962. The van der Waals surface area contributed by atoms with E-state index in [4.69, 9.17) is 0 Å². The highest BCUT2D eigenvalue weighted by Crippen LogP contribution is 2.42. The van der Waals surface area contributed by atoms with E-state index in [1.165, 1.54) is 32.0 Å². The molecule has 1 rings (SSSR count). The zero-order valence-corrected chi connectivity index (χ0v) is 8.90. The maximum Gasteiger partial charge on any atom is 0.00208 e. The van der Waals surface area contributed by atoms with Crippen LogP contribution in [-0.2, 0) is 0 Å². The molecule has 1 saturated heterocycles. The second-order valence-electron chi connectivity index (χ2n) is 3.56. The van der Waals surface area contributed by atoms with Crippen LogP contribution in [0.4, 0.5) is 0 Å². The minimum atomic E-state index is 0.395. The Balaban J connectivity index is 2.24. The molecule has 0 unspecified atom stereocenters. The second-order valence-corrected chi connectivity index (χ2v) is 6.67. The first-order valence-corrected chi connectivity index (χ1v) is 6.48. The second kappa shape index (κ2) is 4.42. The molecule has 0 bridgehead atoms. The lowest BCUT2D eigenvalue weighted by Gasteiger charge is -2.33. The molecule has 11 heavy (non-hydrogen) atoms. The third-order valence-corrected chi connectivity index (χ3v) is 5.59. The van der Waals surface area contributed by atoms with Gasteiger partial charge in [-0.3, -0.25) is 0 Å². The fourth-order valence-electron chi connectivity index (χ4n) is 1.60. The van der Waals surface area contributed by atoms with Gasteiger partial charge in [-0.2, -0.15) is 0 Å². The van der Waals surface area contributed by atoms with Crippen LogP contribution in [0.15, 0.2) is 0 Å². The molecular weight excluding hydrogens is 153 g/mol. The number of hydrogen-bond donors (Lipinski definition) is 0. The fraction of sp³-hybridized carbons (Fsp3) is 1.00.